The number of aliphatic hydroxyl groups is 1. The number of nitrogens with zero attached hydrogens (tertiary/aromatic N) is 1. The van der Waals surface area contributed by atoms with Crippen LogP contribution in [0, 0.1) is 0 Å². The Balaban J connectivity index is 2.07. The standard InChI is InChI=1S/C12H13F2NO5S/c13-12(14)21-5-7-1-2-9(20-7)10(17)15-4-6(16)3-8(15)11(18)19/h1-2,6,8,12,16H,3-5H2,(H,18,19)/t6-,8+/m1/s1. The number of hydrogen-bond acceptors (Lipinski definition) is 5. The summed E-state index contributed by atoms with van der Waals surface area (Å²) < 4.78 is 29.3. The van der Waals surface area contributed by atoms with Gasteiger partial charge in [-0.05, 0) is 12.1 Å². The second-order valence-electron chi connectivity index (χ2n) is 4.54. The van der Waals surface area contributed by atoms with E-state index in [-0.39, 0.29) is 30.2 Å². The topological polar surface area (TPSA) is 91.0 Å². The zero-order valence-corrected chi connectivity index (χ0v) is 11.6. The highest BCUT2D eigenvalue weighted by atomic mass is 32.2. The molecule has 1 saturated heterocycles. The predicted octanol–water partition coefficient (Wildman–Crippen LogP) is 1.40. The number of furan rings is 1. The minimum absolute atomic E-state index is 0.0458. The monoisotopic (exact) mass is 321 g/mol. The number of likely N-dealkylation sites (tertiary alicyclic amines) is 1. The van der Waals surface area contributed by atoms with Gasteiger partial charge in [0, 0.05) is 13.0 Å². The van der Waals surface area contributed by atoms with Crippen molar-refractivity contribution in [3.05, 3.63) is 23.7 Å². The second-order valence-corrected chi connectivity index (χ2v) is 5.52. The molecule has 0 saturated carbocycles. The van der Waals surface area contributed by atoms with Crippen molar-refractivity contribution < 1.29 is 33.0 Å². The van der Waals surface area contributed by atoms with E-state index in [4.69, 9.17) is 9.52 Å². The maximum absolute atomic E-state index is 12.2. The lowest BCUT2D eigenvalue weighted by atomic mass is 10.2. The van der Waals surface area contributed by atoms with E-state index in [0.717, 1.165) is 4.90 Å². The quantitative estimate of drug-likeness (QED) is 0.852. The molecule has 1 aromatic rings. The van der Waals surface area contributed by atoms with Crippen LogP contribution in [0.5, 0.6) is 0 Å². The summed E-state index contributed by atoms with van der Waals surface area (Å²) in [5, 5.41) is 18.5. The number of carboxylic acid groups (broad SMARTS) is 1. The van der Waals surface area contributed by atoms with E-state index >= 15 is 0 Å². The normalized spacial score (nSPS) is 22.0. The first-order valence-corrected chi connectivity index (χ1v) is 7.13. The van der Waals surface area contributed by atoms with Crippen LogP contribution in [0.3, 0.4) is 0 Å². The van der Waals surface area contributed by atoms with Crippen LogP contribution in [0.1, 0.15) is 22.7 Å². The van der Waals surface area contributed by atoms with Gasteiger partial charge in [-0.2, -0.15) is 8.78 Å². The third-order valence-electron chi connectivity index (χ3n) is 3.05. The summed E-state index contributed by atoms with van der Waals surface area (Å²) in [6.45, 7) is -0.0996. The summed E-state index contributed by atoms with van der Waals surface area (Å²) in [5.41, 5.74) is 0. The molecule has 1 aliphatic rings. The fourth-order valence-electron chi connectivity index (χ4n) is 2.13. The van der Waals surface area contributed by atoms with Crippen LogP contribution in [-0.2, 0) is 10.5 Å². The van der Waals surface area contributed by atoms with Crippen LogP contribution < -0.4 is 0 Å². The number of hydrogen-bond donors (Lipinski definition) is 2. The van der Waals surface area contributed by atoms with E-state index in [9.17, 15) is 23.5 Å². The van der Waals surface area contributed by atoms with Gasteiger partial charge >= 0.3 is 5.97 Å². The summed E-state index contributed by atoms with van der Waals surface area (Å²) in [7, 11) is 0. The average molecular weight is 321 g/mol. The van der Waals surface area contributed by atoms with Gasteiger partial charge in [0.05, 0.1) is 11.9 Å². The first-order chi connectivity index (χ1) is 9.88. The number of halogens is 2. The molecule has 2 atom stereocenters. The van der Waals surface area contributed by atoms with E-state index in [1.165, 1.54) is 12.1 Å². The highest BCUT2D eigenvalue weighted by molar-refractivity contribution is 7.98. The largest absolute Gasteiger partial charge is 0.480 e. The molecule has 6 nitrogen and oxygen atoms in total. The Morgan fingerprint density at radius 1 is 1.48 bits per heavy atom. The van der Waals surface area contributed by atoms with Crippen LogP contribution in [0.25, 0.3) is 0 Å². The van der Waals surface area contributed by atoms with Gasteiger partial charge in [0.1, 0.15) is 11.8 Å². The maximum Gasteiger partial charge on any atom is 0.326 e. The molecule has 0 spiro atoms. The lowest BCUT2D eigenvalue weighted by Gasteiger charge is -2.19. The zero-order valence-electron chi connectivity index (χ0n) is 10.7. The molecular weight excluding hydrogens is 308 g/mol. The minimum Gasteiger partial charge on any atom is -0.480 e. The fraction of sp³-hybridized carbons (Fsp3) is 0.500. The number of rotatable bonds is 5. The molecule has 9 heteroatoms. The number of amides is 1. The number of aliphatic carboxylic acids is 1. The number of β-amino-alcohol motifs (C(OH)–C–C–N with tert-alkyl or cyclic N) is 1. The Hall–Kier alpha value is -1.61. The highest BCUT2D eigenvalue weighted by Crippen LogP contribution is 2.24. The molecule has 0 aromatic carbocycles. The van der Waals surface area contributed by atoms with Crippen LogP contribution in [0.2, 0.25) is 0 Å². The molecule has 2 rings (SSSR count). The van der Waals surface area contributed by atoms with Crippen LogP contribution >= 0.6 is 11.8 Å². The van der Waals surface area contributed by atoms with Crippen molar-refractivity contribution in [1.82, 2.24) is 4.90 Å². The molecule has 1 aliphatic heterocycles. The highest BCUT2D eigenvalue weighted by Gasteiger charge is 2.40. The number of carbonyl (C=O) groups is 2. The summed E-state index contributed by atoms with van der Waals surface area (Å²) >= 11 is 0.361. The number of carbonyl (C=O) groups excluding carboxylic acids is 1. The molecule has 2 N–H and O–H groups in total. The van der Waals surface area contributed by atoms with Crippen molar-refractivity contribution >= 4 is 23.6 Å². The molecule has 0 bridgehead atoms. The van der Waals surface area contributed by atoms with E-state index in [2.05, 4.69) is 0 Å². The Morgan fingerprint density at radius 3 is 2.81 bits per heavy atom. The Morgan fingerprint density at radius 2 is 2.19 bits per heavy atom. The SMILES string of the molecule is O=C(O)[C@@H]1C[C@@H](O)CN1C(=O)c1ccc(CSC(F)F)o1. The Kier molecular flexibility index (Phi) is 4.84. The van der Waals surface area contributed by atoms with Gasteiger partial charge in [0.2, 0.25) is 0 Å². The van der Waals surface area contributed by atoms with Crippen molar-refractivity contribution in [2.75, 3.05) is 6.54 Å². The lowest BCUT2D eigenvalue weighted by molar-refractivity contribution is -0.141. The molecule has 1 fully saturated rings. The smallest absolute Gasteiger partial charge is 0.326 e. The molecular formula is C12H13F2NO5S. The minimum atomic E-state index is -2.54. The van der Waals surface area contributed by atoms with Gasteiger partial charge in [-0.25, -0.2) is 4.79 Å². The molecule has 116 valence electrons. The summed E-state index contributed by atoms with van der Waals surface area (Å²) in [6, 6.07) is 1.59. The van der Waals surface area contributed by atoms with Gasteiger partial charge in [-0.3, -0.25) is 4.79 Å². The first kappa shape index (κ1) is 15.8. The van der Waals surface area contributed by atoms with Crippen molar-refractivity contribution in [2.24, 2.45) is 0 Å². The van der Waals surface area contributed by atoms with Crippen LogP contribution in [-0.4, -0.2) is 51.4 Å². The molecule has 1 amide bonds. The van der Waals surface area contributed by atoms with Gasteiger partial charge in [-0.1, -0.05) is 11.8 Å². The summed E-state index contributed by atoms with van der Waals surface area (Å²) in [4.78, 5) is 24.2. The van der Waals surface area contributed by atoms with Gasteiger partial charge in [0.25, 0.3) is 11.7 Å². The van der Waals surface area contributed by atoms with Crippen LogP contribution in [0.4, 0.5) is 8.78 Å². The fourth-order valence-corrected chi connectivity index (χ4v) is 2.57. The molecule has 2 heterocycles. The third-order valence-corrected chi connectivity index (χ3v) is 3.75. The summed E-state index contributed by atoms with van der Waals surface area (Å²) in [6.07, 6.45) is -0.950. The number of alkyl halides is 2. The first-order valence-electron chi connectivity index (χ1n) is 6.08. The molecule has 0 unspecified atom stereocenters. The van der Waals surface area contributed by atoms with Gasteiger partial charge in [0.15, 0.2) is 5.76 Å². The number of thioether (sulfide) groups is 1. The van der Waals surface area contributed by atoms with Crippen molar-refractivity contribution in [3.8, 4) is 0 Å². The van der Waals surface area contributed by atoms with Crippen molar-refractivity contribution in [2.45, 2.75) is 30.1 Å². The zero-order chi connectivity index (χ0) is 15.6. The molecule has 0 aliphatic carbocycles. The number of carboxylic acids is 1. The van der Waals surface area contributed by atoms with E-state index in [1.54, 1.807) is 0 Å². The average Bonchev–Trinajstić information content (AvgIpc) is 3.02. The molecule has 1 aromatic heterocycles. The second kappa shape index (κ2) is 6.44. The van der Waals surface area contributed by atoms with Crippen molar-refractivity contribution in [1.29, 1.82) is 0 Å². The predicted molar refractivity (Wildman–Crippen MR) is 69.1 cm³/mol. The van der Waals surface area contributed by atoms with Crippen molar-refractivity contribution in [3.63, 3.8) is 0 Å². The van der Waals surface area contributed by atoms with Crippen LogP contribution in [0.15, 0.2) is 16.5 Å². The molecule has 21 heavy (non-hydrogen) atoms. The van der Waals surface area contributed by atoms with E-state index < -0.39 is 29.8 Å². The lowest BCUT2D eigenvalue weighted by Crippen LogP contribution is -2.40. The number of aliphatic hydroxyl groups excluding tert-OH is 1. The summed E-state index contributed by atoms with van der Waals surface area (Å²) in [5.74, 6) is -4.43. The Labute approximate surface area is 122 Å². The van der Waals surface area contributed by atoms with Gasteiger partial charge in [-0.15, -0.1) is 0 Å². The molecule has 0 radical (unpaired) electrons. The van der Waals surface area contributed by atoms with E-state index in [0.29, 0.717) is 11.8 Å². The Bertz CT molecular complexity index is 535. The maximum atomic E-state index is 12.2. The third kappa shape index (κ3) is 3.73. The van der Waals surface area contributed by atoms with E-state index in [1.807, 2.05) is 0 Å². The van der Waals surface area contributed by atoms with Gasteiger partial charge < -0.3 is 19.5 Å².